The zero-order valence-electron chi connectivity index (χ0n) is 8.74. The van der Waals surface area contributed by atoms with Crippen LogP contribution in [-0.2, 0) is 0 Å². The van der Waals surface area contributed by atoms with Crippen LogP contribution in [0.25, 0.3) is 0 Å². The molecule has 0 bridgehead atoms. The van der Waals surface area contributed by atoms with Gasteiger partial charge in [-0.3, -0.25) is 0 Å². The summed E-state index contributed by atoms with van der Waals surface area (Å²) in [5.74, 6) is 1.36. The molecule has 0 spiro atoms. The van der Waals surface area contributed by atoms with Gasteiger partial charge in [0, 0.05) is 10.5 Å². The lowest BCUT2D eigenvalue weighted by molar-refractivity contribution is 0.0647. The molecule has 0 radical (unpaired) electrons. The van der Waals surface area contributed by atoms with Gasteiger partial charge in [0.1, 0.15) is 6.10 Å². The van der Waals surface area contributed by atoms with Crippen LogP contribution in [0.4, 0.5) is 0 Å². The Hall–Kier alpha value is -0.610. The van der Waals surface area contributed by atoms with Gasteiger partial charge < -0.3 is 10.5 Å². The lowest BCUT2D eigenvalue weighted by Crippen LogP contribution is -2.37. The molecule has 3 nitrogen and oxygen atoms in total. The Balaban J connectivity index is 1.92. The minimum atomic E-state index is 0.312. The first kappa shape index (κ1) is 10.9. The summed E-state index contributed by atoms with van der Waals surface area (Å²) in [4.78, 5) is 4.35. The minimum absolute atomic E-state index is 0.312. The largest absolute Gasteiger partial charge is 0.474 e. The molecule has 0 aromatic carbocycles. The van der Waals surface area contributed by atoms with Crippen LogP contribution >= 0.6 is 15.9 Å². The van der Waals surface area contributed by atoms with E-state index in [1.165, 1.54) is 0 Å². The average Bonchev–Trinajstić information content (AvgIpc) is 2.16. The highest BCUT2D eigenvalue weighted by Gasteiger charge is 2.29. The maximum Gasteiger partial charge on any atom is 0.213 e. The van der Waals surface area contributed by atoms with Crippen LogP contribution < -0.4 is 10.5 Å². The Bertz CT molecular complexity index is 350. The Morgan fingerprint density at radius 3 is 2.87 bits per heavy atom. The Labute approximate surface area is 98.2 Å². The first-order valence-electron chi connectivity index (χ1n) is 5.19. The molecule has 0 unspecified atom stereocenters. The van der Waals surface area contributed by atoms with Crippen LogP contribution in [-0.4, -0.2) is 17.6 Å². The van der Waals surface area contributed by atoms with E-state index in [0.717, 1.165) is 35.4 Å². The summed E-state index contributed by atoms with van der Waals surface area (Å²) in [6, 6.07) is 3.86. The number of halogens is 1. The number of pyridine rings is 1. The van der Waals surface area contributed by atoms with Gasteiger partial charge in [-0.05, 0) is 54.2 Å². The standard InChI is InChI=1S/C11H15BrN2O/c1-7-10(12)2-3-11(14-7)15-9-4-8(5-9)6-13/h2-3,8-9H,4-6,13H2,1H3. The monoisotopic (exact) mass is 270 g/mol. The van der Waals surface area contributed by atoms with Gasteiger partial charge in [-0.2, -0.15) is 0 Å². The normalized spacial score (nSPS) is 24.7. The van der Waals surface area contributed by atoms with Gasteiger partial charge in [-0.15, -0.1) is 0 Å². The maximum atomic E-state index is 5.73. The van der Waals surface area contributed by atoms with Gasteiger partial charge in [0.2, 0.25) is 5.88 Å². The van der Waals surface area contributed by atoms with Crippen molar-refractivity contribution in [3.63, 3.8) is 0 Å². The summed E-state index contributed by atoms with van der Waals surface area (Å²) in [7, 11) is 0. The second kappa shape index (κ2) is 4.49. The van der Waals surface area contributed by atoms with Crippen LogP contribution in [0.5, 0.6) is 5.88 Å². The van der Waals surface area contributed by atoms with Crippen molar-refractivity contribution in [2.45, 2.75) is 25.9 Å². The van der Waals surface area contributed by atoms with Gasteiger partial charge in [0.05, 0.1) is 5.69 Å². The number of aromatic nitrogens is 1. The number of rotatable bonds is 3. The van der Waals surface area contributed by atoms with Gasteiger partial charge in [0.15, 0.2) is 0 Å². The number of nitrogens with zero attached hydrogens (tertiary/aromatic N) is 1. The highest BCUT2D eigenvalue weighted by Crippen LogP contribution is 2.30. The first-order chi connectivity index (χ1) is 7.19. The average molecular weight is 271 g/mol. The third-order valence-corrected chi connectivity index (χ3v) is 3.65. The third kappa shape index (κ3) is 2.49. The highest BCUT2D eigenvalue weighted by atomic mass is 79.9. The van der Waals surface area contributed by atoms with E-state index in [-0.39, 0.29) is 0 Å². The first-order valence-corrected chi connectivity index (χ1v) is 5.98. The minimum Gasteiger partial charge on any atom is -0.474 e. The second-order valence-corrected chi connectivity index (χ2v) is 4.88. The molecule has 0 amide bonds. The molecule has 2 N–H and O–H groups in total. The molecular weight excluding hydrogens is 256 g/mol. The molecule has 1 aromatic heterocycles. The Morgan fingerprint density at radius 2 is 2.27 bits per heavy atom. The van der Waals surface area contributed by atoms with Crippen molar-refractivity contribution in [1.29, 1.82) is 0 Å². The van der Waals surface area contributed by atoms with Gasteiger partial charge in [-0.1, -0.05) is 0 Å². The zero-order chi connectivity index (χ0) is 10.8. The smallest absolute Gasteiger partial charge is 0.213 e. The van der Waals surface area contributed by atoms with Crippen LogP contribution in [0.2, 0.25) is 0 Å². The maximum absolute atomic E-state index is 5.73. The molecule has 1 aliphatic carbocycles. The molecule has 2 rings (SSSR count). The summed E-state index contributed by atoms with van der Waals surface area (Å²) in [5, 5.41) is 0. The van der Waals surface area contributed by atoms with E-state index in [0.29, 0.717) is 12.0 Å². The molecule has 0 atom stereocenters. The predicted molar refractivity (Wildman–Crippen MR) is 62.9 cm³/mol. The molecule has 1 fully saturated rings. The van der Waals surface area contributed by atoms with Crippen molar-refractivity contribution >= 4 is 15.9 Å². The van der Waals surface area contributed by atoms with Crippen molar-refractivity contribution in [3.05, 3.63) is 22.3 Å². The van der Waals surface area contributed by atoms with E-state index >= 15 is 0 Å². The number of ether oxygens (including phenoxy) is 1. The number of aryl methyl sites for hydroxylation is 1. The molecule has 4 heteroatoms. The van der Waals surface area contributed by atoms with E-state index in [9.17, 15) is 0 Å². The number of nitrogens with two attached hydrogens (primary N) is 1. The van der Waals surface area contributed by atoms with Crippen molar-refractivity contribution in [2.75, 3.05) is 6.54 Å². The lowest BCUT2D eigenvalue weighted by atomic mass is 9.82. The molecule has 0 aliphatic heterocycles. The van der Waals surface area contributed by atoms with Gasteiger partial charge in [0.25, 0.3) is 0 Å². The molecule has 15 heavy (non-hydrogen) atoms. The fourth-order valence-electron chi connectivity index (χ4n) is 1.72. The third-order valence-electron chi connectivity index (χ3n) is 2.81. The quantitative estimate of drug-likeness (QED) is 0.917. The van der Waals surface area contributed by atoms with Gasteiger partial charge >= 0.3 is 0 Å². The number of hydrogen-bond acceptors (Lipinski definition) is 3. The van der Waals surface area contributed by atoms with Crippen LogP contribution in [0.3, 0.4) is 0 Å². The summed E-state index contributed by atoms with van der Waals surface area (Å²) < 4.78 is 6.75. The Morgan fingerprint density at radius 1 is 1.53 bits per heavy atom. The van der Waals surface area contributed by atoms with Crippen LogP contribution in [0.1, 0.15) is 18.5 Å². The van der Waals surface area contributed by atoms with E-state index < -0.39 is 0 Å². The topological polar surface area (TPSA) is 48.1 Å². The fraction of sp³-hybridized carbons (Fsp3) is 0.545. The summed E-state index contributed by atoms with van der Waals surface area (Å²) in [6.45, 7) is 2.73. The molecule has 1 saturated carbocycles. The number of hydrogen-bond donors (Lipinski definition) is 1. The van der Waals surface area contributed by atoms with E-state index in [2.05, 4.69) is 20.9 Å². The van der Waals surface area contributed by atoms with E-state index in [1.807, 2.05) is 19.1 Å². The van der Waals surface area contributed by atoms with Gasteiger partial charge in [-0.25, -0.2) is 4.98 Å². The zero-order valence-corrected chi connectivity index (χ0v) is 10.3. The predicted octanol–water partition coefficient (Wildman–Crippen LogP) is 2.27. The Kier molecular flexibility index (Phi) is 3.26. The molecule has 1 aromatic rings. The molecule has 0 saturated heterocycles. The SMILES string of the molecule is Cc1nc(OC2CC(CN)C2)ccc1Br. The summed E-state index contributed by atoms with van der Waals surface area (Å²) in [6.07, 6.45) is 2.44. The van der Waals surface area contributed by atoms with Crippen molar-refractivity contribution in [3.8, 4) is 5.88 Å². The van der Waals surface area contributed by atoms with Crippen molar-refractivity contribution in [2.24, 2.45) is 11.7 Å². The van der Waals surface area contributed by atoms with Crippen molar-refractivity contribution < 1.29 is 4.74 Å². The van der Waals surface area contributed by atoms with Crippen LogP contribution in [0, 0.1) is 12.8 Å². The van der Waals surface area contributed by atoms with Crippen LogP contribution in [0.15, 0.2) is 16.6 Å². The van der Waals surface area contributed by atoms with E-state index in [1.54, 1.807) is 0 Å². The second-order valence-electron chi connectivity index (χ2n) is 4.03. The summed E-state index contributed by atoms with van der Waals surface area (Å²) >= 11 is 3.41. The highest BCUT2D eigenvalue weighted by molar-refractivity contribution is 9.10. The molecule has 82 valence electrons. The van der Waals surface area contributed by atoms with Crippen molar-refractivity contribution in [1.82, 2.24) is 4.98 Å². The molecule has 1 aliphatic rings. The fourth-order valence-corrected chi connectivity index (χ4v) is 1.94. The summed E-state index contributed by atoms with van der Waals surface area (Å²) in [5.41, 5.74) is 6.52. The molecule has 1 heterocycles. The lowest BCUT2D eigenvalue weighted by Gasteiger charge is -2.34. The molecular formula is C11H15BrN2O. The van der Waals surface area contributed by atoms with E-state index in [4.69, 9.17) is 10.5 Å².